The molecule has 5 rings (SSSR count). The second-order valence-corrected chi connectivity index (χ2v) is 10.5. The van der Waals surface area contributed by atoms with Crippen molar-refractivity contribution in [3.63, 3.8) is 0 Å². The van der Waals surface area contributed by atoms with Crippen molar-refractivity contribution in [2.45, 2.75) is 33.7 Å². The number of carbonyl (C=O) groups is 2. The van der Waals surface area contributed by atoms with Crippen LogP contribution in [-0.4, -0.2) is 30.4 Å². The lowest BCUT2D eigenvalue weighted by atomic mass is 9.98. The fourth-order valence-electron chi connectivity index (χ4n) is 4.50. The highest BCUT2D eigenvalue weighted by Gasteiger charge is 2.45. The van der Waals surface area contributed by atoms with Gasteiger partial charge < -0.3 is 13.9 Å². The molecule has 3 heterocycles. The van der Waals surface area contributed by atoms with Crippen LogP contribution < -0.4 is 19.8 Å². The molecule has 4 aromatic rings. The normalized spacial score (nSPS) is 14.9. The molecule has 1 unspecified atom stereocenters. The van der Waals surface area contributed by atoms with Crippen LogP contribution in [0.1, 0.15) is 63.9 Å². The Balaban J connectivity index is 1.74. The van der Waals surface area contributed by atoms with Crippen molar-refractivity contribution in [3.05, 3.63) is 79.9 Å². The van der Waals surface area contributed by atoms with Gasteiger partial charge in [-0.3, -0.25) is 19.3 Å². The molecular weight excluding hydrogens is 511 g/mol. The summed E-state index contributed by atoms with van der Waals surface area (Å²) in [5, 5.41) is 0.259. The molecule has 0 radical (unpaired) electrons. The maximum atomic E-state index is 14.1. The number of hydrogen-bond acceptors (Lipinski definition) is 8. The number of Topliss-reactive ketones (excluding diaryl/α,β-unsaturated/α-hetero) is 1. The average Bonchev–Trinajstić information content (AvgIpc) is 3.40. The van der Waals surface area contributed by atoms with E-state index in [0.717, 1.165) is 23.5 Å². The predicted molar refractivity (Wildman–Crippen MR) is 141 cm³/mol. The molecule has 0 aliphatic carbocycles. The quantitative estimate of drug-likeness (QED) is 0.280. The first-order chi connectivity index (χ1) is 18.1. The van der Waals surface area contributed by atoms with E-state index in [1.807, 2.05) is 13.8 Å². The van der Waals surface area contributed by atoms with E-state index in [0.29, 0.717) is 34.2 Å². The van der Waals surface area contributed by atoms with Crippen LogP contribution in [0, 0.1) is 18.7 Å². The fourth-order valence-corrected chi connectivity index (χ4v) is 5.49. The van der Waals surface area contributed by atoms with E-state index in [4.69, 9.17) is 13.9 Å². The van der Waals surface area contributed by atoms with Gasteiger partial charge in [0.05, 0.1) is 41.3 Å². The number of methoxy groups -OCH3 is 1. The Hall–Kier alpha value is -4.05. The van der Waals surface area contributed by atoms with Crippen molar-refractivity contribution >= 4 is 39.1 Å². The second-order valence-electron chi connectivity index (χ2n) is 9.47. The number of hydrogen-bond donors (Lipinski definition) is 0. The number of carbonyl (C=O) groups excluding carboxylic acids is 2. The number of aryl methyl sites for hydroxylation is 1. The van der Waals surface area contributed by atoms with E-state index in [9.17, 15) is 18.8 Å². The first-order valence-corrected chi connectivity index (χ1v) is 12.8. The van der Waals surface area contributed by atoms with Crippen molar-refractivity contribution in [3.8, 4) is 11.5 Å². The van der Waals surface area contributed by atoms with Gasteiger partial charge in [-0.25, -0.2) is 9.37 Å². The van der Waals surface area contributed by atoms with Gasteiger partial charge in [0.15, 0.2) is 27.8 Å². The first kappa shape index (κ1) is 25.6. The average molecular weight is 537 g/mol. The summed E-state index contributed by atoms with van der Waals surface area (Å²) < 4.78 is 31.4. The van der Waals surface area contributed by atoms with E-state index < -0.39 is 23.2 Å². The minimum absolute atomic E-state index is 0.0204. The Kier molecular flexibility index (Phi) is 6.52. The SMILES string of the molecule is COc1cc(C2c3c(oc4ccc(F)cc4c3=O)C(=O)N2c2nc(C)c(C(C)=O)s2)ccc1OCC(C)C. The predicted octanol–water partition coefficient (Wildman–Crippen LogP) is 5.69. The van der Waals surface area contributed by atoms with E-state index in [2.05, 4.69) is 4.98 Å². The maximum Gasteiger partial charge on any atom is 0.297 e. The zero-order chi connectivity index (χ0) is 27.3. The number of ether oxygens (including phenoxy) is 2. The minimum Gasteiger partial charge on any atom is -0.493 e. The molecule has 0 spiro atoms. The van der Waals surface area contributed by atoms with E-state index in [1.54, 1.807) is 25.1 Å². The second kappa shape index (κ2) is 9.68. The summed E-state index contributed by atoms with van der Waals surface area (Å²) in [6.45, 7) is 7.63. The minimum atomic E-state index is -0.958. The number of thiazole rings is 1. The number of ketones is 1. The van der Waals surface area contributed by atoms with Gasteiger partial charge in [0.2, 0.25) is 5.76 Å². The monoisotopic (exact) mass is 536 g/mol. The van der Waals surface area contributed by atoms with Crippen LogP contribution in [-0.2, 0) is 0 Å². The lowest BCUT2D eigenvalue weighted by Gasteiger charge is -2.23. The number of anilines is 1. The van der Waals surface area contributed by atoms with Gasteiger partial charge in [-0.05, 0) is 48.7 Å². The van der Waals surface area contributed by atoms with Crippen LogP contribution in [0.15, 0.2) is 45.6 Å². The van der Waals surface area contributed by atoms with Gasteiger partial charge in [0.1, 0.15) is 11.4 Å². The van der Waals surface area contributed by atoms with Crippen LogP contribution in [0.4, 0.5) is 9.52 Å². The molecule has 0 saturated heterocycles. The number of halogens is 1. The third kappa shape index (κ3) is 4.24. The van der Waals surface area contributed by atoms with Gasteiger partial charge in [0, 0.05) is 6.92 Å². The molecule has 1 aliphatic heterocycles. The van der Waals surface area contributed by atoms with E-state index >= 15 is 0 Å². The van der Waals surface area contributed by atoms with Crippen LogP contribution in [0.5, 0.6) is 11.5 Å². The largest absolute Gasteiger partial charge is 0.493 e. The van der Waals surface area contributed by atoms with Gasteiger partial charge in [0.25, 0.3) is 5.91 Å². The molecule has 2 aromatic heterocycles. The van der Waals surface area contributed by atoms with Crippen molar-refractivity contribution in [1.82, 2.24) is 4.98 Å². The number of amides is 1. The Morgan fingerprint density at radius 2 is 1.95 bits per heavy atom. The third-order valence-electron chi connectivity index (χ3n) is 6.22. The summed E-state index contributed by atoms with van der Waals surface area (Å²) in [6.07, 6.45) is 0. The summed E-state index contributed by atoms with van der Waals surface area (Å²) >= 11 is 1.06. The van der Waals surface area contributed by atoms with Gasteiger partial charge >= 0.3 is 0 Å². The number of nitrogens with zero attached hydrogens (tertiary/aromatic N) is 2. The Bertz CT molecular complexity index is 1660. The molecule has 196 valence electrons. The zero-order valence-corrected chi connectivity index (χ0v) is 22.3. The maximum absolute atomic E-state index is 14.1. The third-order valence-corrected chi connectivity index (χ3v) is 7.48. The highest BCUT2D eigenvalue weighted by Crippen LogP contribution is 2.44. The lowest BCUT2D eigenvalue weighted by Crippen LogP contribution is -2.29. The van der Waals surface area contributed by atoms with E-state index in [1.165, 1.54) is 25.0 Å². The van der Waals surface area contributed by atoms with Crippen molar-refractivity contribution in [2.24, 2.45) is 5.92 Å². The summed E-state index contributed by atoms with van der Waals surface area (Å²) in [5.41, 5.74) is 0.635. The fraction of sp³-hybridized carbons (Fsp3) is 0.286. The summed E-state index contributed by atoms with van der Waals surface area (Å²) in [6, 6.07) is 7.76. The first-order valence-electron chi connectivity index (χ1n) is 12.0. The van der Waals surface area contributed by atoms with Crippen molar-refractivity contribution < 1.29 is 27.9 Å². The van der Waals surface area contributed by atoms with Crippen molar-refractivity contribution in [2.75, 3.05) is 18.6 Å². The Morgan fingerprint density at radius 1 is 1.18 bits per heavy atom. The van der Waals surface area contributed by atoms with Crippen LogP contribution >= 0.6 is 11.3 Å². The molecule has 8 nitrogen and oxygen atoms in total. The molecule has 1 aliphatic rings. The molecular formula is C28H25FN2O6S. The van der Waals surface area contributed by atoms with Crippen LogP contribution in [0.2, 0.25) is 0 Å². The van der Waals surface area contributed by atoms with Crippen LogP contribution in [0.3, 0.4) is 0 Å². The molecule has 0 fully saturated rings. The summed E-state index contributed by atoms with van der Waals surface area (Å²) in [4.78, 5) is 45.9. The Morgan fingerprint density at radius 3 is 2.61 bits per heavy atom. The number of rotatable bonds is 7. The molecule has 0 bridgehead atoms. The summed E-state index contributed by atoms with van der Waals surface area (Å²) in [5.74, 6) is -0.311. The highest BCUT2D eigenvalue weighted by atomic mass is 32.1. The van der Waals surface area contributed by atoms with Crippen LogP contribution in [0.25, 0.3) is 11.0 Å². The van der Waals surface area contributed by atoms with E-state index in [-0.39, 0.29) is 39.1 Å². The smallest absolute Gasteiger partial charge is 0.297 e. The number of fused-ring (bicyclic) bond motifs is 2. The zero-order valence-electron chi connectivity index (χ0n) is 21.5. The molecule has 2 aromatic carbocycles. The van der Waals surface area contributed by atoms with Crippen molar-refractivity contribution in [1.29, 1.82) is 0 Å². The number of benzene rings is 2. The standard InChI is InChI=1S/C28H25FN2O6S/c1-13(2)12-36-20-8-6-16(10-21(20)35-5)23-22-24(33)18-11-17(29)7-9-19(18)37-25(22)27(34)31(23)28-30-14(3)26(38-28)15(4)32/h6-11,13,23H,12H2,1-5H3. The van der Waals surface area contributed by atoms with Gasteiger partial charge in [-0.1, -0.05) is 31.3 Å². The molecule has 10 heteroatoms. The summed E-state index contributed by atoms with van der Waals surface area (Å²) in [7, 11) is 1.50. The molecule has 1 amide bonds. The Labute approximate surface area is 221 Å². The van der Waals surface area contributed by atoms with Gasteiger partial charge in [-0.15, -0.1) is 0 Å². The number of aromatic nitrogens is 1. The molecule has 0 saturated carbocycles. The lowest BCUT2D eigenvalue weighted by molar-refractivity contribution is 0.0969. The molecule has 1 atom stereocenters. The molecule has 0 N–H and O–H groups in total. The molecule has 38 heavy (non-hydrogen) atoms. The topological polar surface area (TPSA) is 98.9 Å². The van der Waals surface area contributed by atoms with Gasteiger partial charge in [-0.2, -0.15) is 0 Å². The highest BCUT2D eigenvalue weighted by molar-refractivity contribution is 7.17.